The van der Waals surface area contributed by atoms with Crippen LogP contribution in [0.5, 0.6) is 0 Å². The van der Waals surface area contributed by atoms with Crippen molar-refractivity contribution in [1.82, 2.24) is 10.2 Å². The highest BCUT2D eigenvalue weighted by Gasteiger charge is 2.50. The molecule has 0 aliphatic carbocycles. The van der Waals surface area contributed by atoms with Crippen molar-refractivity contribution in [2.75, 3.05) is 26.2 Å². The summed E-state index contributed by atoms with van der Waals surface area (Å²) < 4.78 is 36.9. The number of β-amino-alcohol motifs (C(OH)–C–C–N with tert-alkyl or cyclic N) is 1. The monoisotopic (exact) mass is 226 g/mol. The average Bonchev–Trinajstić information content (AvgIpc) is 2.00. The number of carbonyl (C=O) groups is 1. The van der Waals surface area contributed by atoms with Crippen LogP contribution in [0.3, 0.4) is 0 Å². The van der Waals surface area contributed by atoms with Crippen molar-refractivity contribution in [3.8, 4) is 0 Å². The summed E-state index contributed by atoms with van der Waals surface area (Å²) in [4.78, 5) is 12.2. The molecule has 1 amide bonds. The molecule has 0 bridgehead atoms. The summed E-state index contributed by atoms with van der Waals surface area (Å²) >= 11 is 0. The van der Waals surface area contributed by atoms with Gasteiger partial charge in [0.05, 0.1) is 6.54 Å². The molecule has 4 nitrogen and oxygen atoms in total. The Labute approximate surface area is 85.1 Å². The smallest absolute Gasteiger partial charge is 0.380 e. The van der Waals surface area contributed by atoms with Crippen LogP contribution in [0.25, 0.3) is 0 Å². The lowest BCUT2D eigenvalue weighted by Gasteiger charge is -2.34. The molecule has 0 radical (unpaired) electrons. The number of alkyl halides is 3. The zero-order valence-corrected chi connectivity index (χ0v) is 8.26. The summed E-state index contributed by atoms with van der Waals surface area (Å²) in [6, 6.07) is 0. The predicted octanol–water partition coefficient (Wildman–Crippen LogP) is -0.269. The van der Waals surface area contributed by atoms with E-state index in [1.165, 1.54) is 4.90 Å². The first kappa shape index (κ1) is 12.3. The SMILES string of the molecule is CC(O)(CN1CCNC(=O)C1)C(F)(F)F. The minimum Gasteiger partial charge on any atom is -0.380 e. The maximum atomic E-state index is 12.3. The largest absolute Gasteiger partial charge is 0.418 e. The number of carbonyl (C=O) groups excluding carboxylic acids is 1. The van der Waals surface area contributed by atoms with Gasteiger partial charge < -0.3 is 10.4 Å². The molecular weight excluding hydrogens is 213 g/mol. The molecular formula is C8H13F3N2O2. The molecule has 0 saturated carbocycles. The molecule has 88 valence electrons. The van der Waals surface area contributed by atoms with Gasteiger partial charge in [-0.3, -0.25) is 9.69 Å². The highest BCUT2D eigenvalue weighted by Crippen LogP contribution is 2.30. The van der Waals surface area contributed by atoms with Crippen molar-refractivity contribution in [3.63, 3.8) is 0 Å². The zero-order chi connectivity index (χ0) is 11.7. The first-order valence-corrected chi connectivity index (χ1v) is 4.50. The van der Waals surface area contributed by atoms with Crippen LogP contribution in [0, 0.1) is 0 Å². The number of piperazine rings is 1. The van der Waals surface area contributed by atoms with E-state index in [-0.39, 0.29) is 12.5 Å². The maximum absolute atomic E-state index is 12.3. The molecule has 1 aliphatic rings. The Morgan fingerprint density at radius 1 is 1.53 bits per heavy atom. The van der Waals surface area contributed by atoms with Crippen LogP contribution < -0.4 is 5.32 Å². The normalized spacial score (nSPS) is 23.4. The fraction of sp³-hybridized carbons (Fsp3) is 0.875. The number of hydrogen-bond donors (Lipinski definition) is 2. The Balaban J connectivity index is 2.57. The molecule has 1 fully saturated rings. The van der Waals surface area contributed by atoms with Crippen LogP contribution >= 0.6 is 0 Å². The van der Waals surface area contributed by atoms with Crippen molar-refractivity contribution >= 4 is 5.91 Å². The van der Waals surface area contributed by atoms with E-state index in [0.29, 0.717) is 20.0 Å². The van der Waals surface area contributed by atoms with Gasteiger partial charge in [-0.25, -0.2) is 0 Å². The van der Waals surface area contributed by atoms with Crippen LogP contribution in [0.2, 0.25) is 0 Å². The summed E-state index contributed by atoms with van der Waals surface area (Å²) in [7, 11) is 0. The molecule has 1 rings (SSSR count). The molecule has 0 spiro atoms. The third-order valence-corrected chi connectivity index (χ3v) is 2.26. The second-order valence-electron chi connectivity index (χ2n) is 3.83. The number of halogens is 3. The predicted molar refractivity (Wildman–Crippen MR) is 46.1 cm³/mol. The summed E-state index contributed by atoms with van der Waals surface area (Å²) in [5, 5.41) is 11.7. The topological polar surface area (TPSA) is 52.6 Å². The zero-order valence-electron chi connectivity index (χ0n) is 8.26. The van der Waals surface area contributed by atoms with Crippen molar-refractivity contribution in [1.29, 1.82) is 0 Å². The molecule has 1 atom stereocenters. The Kier molecular flexibility index (Phi) is 3.25. The Morgan fingerprint density at radius 2 is 2.13 bits per heavy atom. The van der Waals surface area contributed by atoms with Crippen molar-refractivity contribution < 1.29 is 23.1 Å². The van der Waals surface area contributed by atoms with Crippen molar-refractivity contribution in [2.45, 2.75) is 18.7 Å². The van der Waals surface area contributed by atoms with Crippen molar-refractivity contribution in [3.05, 3.63) is 0 Å². The van der Waals surface area contributed by atoms with Crippen LogP contribution in [0.15, 0.2) is 0 Å². The van der Waals surface area contributed by atoms with E-state index in [1.54, 1.807) is 0 Å². The van der Waals surface area contributed by atoms with E-state index < -0.39 is 18.3 Å². The summed E-state index contributed by atoms with van der Waals surface area (Å²) in [6.07, 6.45) is -4.68. The first-order valence-electron chi connectivity index (χ1n) is 4.50. The quantitative estimate of drug-likeness (QED) is 0.681. The van der Waals surface area contributed by atoms with E-state index in [0.717, 1.165) is 0 Å². The van der Waals surface area contributed by atoms with Gasteiger partial charge in [0.25, 0.3) is 0 Å². The molecule has 1 aliphatic heterocycles. The number of hydrogen-bond acceptors (Lipinski definition) is 3. The van der Waals surface area contributed by atoms with E-state index >= 15 is 0 Å². The molecule has 0 aromatic carbocycles. The molecule has 2 N–H and O–H groups in total. The van der Waals surface area contributed by atoms with Gasteiger partial charge >= 0.3 is 6.18 Å². The average molecular weight is 226 g/mol. The van der Waals surface area contributed by atoms with Crippen molar-refractivity contribution in [2.24, 2.45) is 0 Å². The maximum Gasteiger partial charge on any atom is 0.418 e. The van der Waals surface area contributed by atoms with Crippen LogP contribution in [0.4, 0.5) is 13.2 Å². The molecule has 1 unspecified atom stereocenters. The molecule has 0 aromatic heterocycles. The summed E-state index contributed by atoms with van der Waals surface area (Å²) in [5.74, 6) is -0.320. The lowest BCUT2D eigenvalue weighted by molar-refractivity contribution is -0.257. The van der Waals surface area contributed by atoms with Gasteiger partial charge in [-0.2, -0.15) is 13.2 Å². The number of nitrogens with one attached hydrogen (secondary N) is 1. The summed E-state index contributed by atoms with van der Waals surface area (Å²) in [6.45, 7) is 0.653. The Hall–Kier alpha value is -0.820. The Bertz CT molecular complexity index is 253. The van der Waals surface area contributed by atoms with Crippen LogP contribution in [-0.4, -0.2) is 53.9 Å². The van der Waals surface area contributed by atoms with E-state index in [1.807, 2.05) is 0 Å². The molecule has 15 heavy (non-hydrogen) atoms. The van der Waals surface area contributed by atoms with Gasteiger partial charge in [-0.05, 0) is 6.92 Å². The molecule has 1 heterocycles. The standard InChI is InChI=1S/C8H13F3N2O2/c1-7(15,8(9,10)11)5-13-3-2-12-6(14)4-13/h15H,2-5H2,1H3,(H,12,14). The van der Waals surface area contributed by atoms with Gasteiger partial charge in [0, 0.05) is 19.6 Å². The fourth-order valence-corrected chi connectivity index (χ4v) is 1.35. The van der Waals surface area contributed by atoms with Gasteiger partial charge in [0.1, 0.15) is 0 Å². The van der Waals surface area contributed by atoms with E-state index in [4.69, 9.17) is 0 Å². The molecule has 1 saturated heterocycles. The van der Waals surface area contributed by atoms with E-state index in [2.05, 4.69) is 5.32 Å². The lowest BCUT2D eigenvalue weighted by Crippen LogP contribution is -2.56. The minimum absolute atomic E-state index is 0.105. The van der Waals surface area contributed by atoms with Gasteiger partial charge in [0.2, 0.25) is 5.91 Å². The number of aliphatic hydroxyl groups is 1. The highest BCUT2D eigenvalue weighted by molar-refractivity contribution is 5.78. The number of rotatable bonds is 2. The van der Waals surface area contributed by atoms with Gasteiger partial charge in [-0.1, -0.05) is 0 Å². The van der Waals surface area contributed by atoms with Crippen LogP contribution in [-0.2, 0) is 4.79 Å². The fourth-order valence-electron chi connectivity index (χ4n) is 1.35. The highest BCUT2D eigenvalue weighted by atomic mass is 19.4. The minimum atomic E-state index is -4.68. The number of amides is 1. The van der Waals surface area contributed by atoms with Gasteiger partial charge in [-0.15, -0.1) is 0 Å². The van der Waals surface area contributed by atoms with E-state index in [9.17, 15) is 23.1 Å². The summed E-state index contributed by atoms with van der Waals surface area (Å²) in [5.41, 5.74) is -2.77. The molecule has 7 heteroatoms. The second-order valence-corrected chi connectivity index (χ2v) is 3.83. The Morgan fingerprint density at radius 3 is 2.60 bits per heavy atom. The second kappa shape index (κ2) is 3.97. The molecule has 0 aromatic rings. The van der Waals surface area contributed by atoms with Crippen LogP contribution in [0.1, 0.15) is 6.92 Å². The lowest BCUT2D eigenvalue weighted by atomic mass is 10.1. The third-order valence-electron chi connectivity index (χ3n) is 2.26. The van der Waals surface area contributed by atoms with Gasteiger partial charge in [0.15, 0.2) is 5.60 Å². The number of nitrogens with zero attached hydrogens (tertiary/aromatic N) is 1. The third kappa shape index (κ3) is 3.07. The first-order chi connectivity index (χ1) is 6.72.